The summed E-state index contributed by atoms with van der Waals surface area (Å²) in [6.07, 6.45) is 0. The van der Waals surface area contributed by atoms with Crippen molar-refractivity contribution in [3.05, 3.63) is 71.8 Å². The molecule has 0 amide bonds. The zero-order chi connectivity index (χ0) is 14.9. The molecule has 0 spiro atoms. The van der Waals surface area contributed by atoms with Crippen LogP contribution in [0.1, 0.15) is 18.1 Å². The molecule has 1 atom stereocenters. The lowest BCUT2D eigenvalue weighted by atomic mass is 9.96. The van der Waals surface area contributed by atoms with Crippen molar-refractivity contribution in [2.45, 2.75) is 12.6 Å². The van der Waals surface area contributed by atoms with Crippen LogP contribution in [-0.4, -0.2) is 18.6 Å². The van der Waals surface area contributed by atoms with E-state index in [0.29, 0.717) is 5.57 Å². The number of hydrogen-bond acceptors (Lipinski definition) is 3. The van der Waals surface area contributed by atoms with Gasteiger partial charge >= 0.3 is 0 Å². The van der Waals surface area contributed by atoms with Gasteiger partial charge in [0.05, 0.1) is 11.3 Å². The molecule has 2 aromatic rings. The molecular formula is C18H17NO2. The molecule has 0 fully saturated rings. The molecule has 0 saturated heterocycles. The summed E-state index contributed by atoms with van der Waals surface area (Å²) >= 11 is 0. The first-order chi connectivity index (χ1) is 10.2. The summed E-state index contributed by atoms with van der Waals surface area (Å²) in [4.78, 5) is 12.8. The molecule has 0 bridgehead atoms. The lowest BCUT2D eigenvalue weighted by molar-refractivity contribution is -0.133. The molecule has 0 radical (unpaired) electrons. The zero-order valence-corrected chi connectivity index (χ0v) is 12.1. The van der Waals surface area contributed by atoms with Crippen LogP contribution in [0.25, 0.3) is 11.3 Å². The summed E-state index contributed by atoms with van der Waals surface area (Å²) in [5.74, 6) is -0.0462. The van der Waals surface area contributed by atoms with E-state index in [1.54, 1.807) is 14.0 Å². The summed E-state index contributed by atoms with van der Waals surface area (Å²) in [7, 11) is 1.54. The molecule has 0 aliphatic carbocycles. The third-order valence-electron chi connectivity index (χ3n) is 3.81. The predicted octanol–water partition coefficient (Wildman–Crippen LogP) is 3.09. The normalized spacial score (nSPS) is 21.5. The lowest BCUT2D eigenvalue weighted by Crippen LogP contribution is -2.45. The Morgan fingerprint density at radius 1 is 0.905 bits per heavy atom. The van der Waals surface area contributed by atoms with Crippen LogP contribution in [0.3, 0.4) is 0 Å². The van der Waals surface area contributed by atoms with Gasteiger partial charge in [0.2, 0.25) is 5.78 Å². The lowest BCUT2D eigenvalue weighted by Gasteiger charge is -2.22. The van der Waals surface area contributed by atoms with Gasteiger partial charge in [-0.3, -0.25) is 4.79 Å². The highest BCUT2D eigenvalue weighted by atomic mass is 16.5. The van der Waals surface area contributed by atoms with E-state index in [4.69, 9.17) is 4.74 Å². The van der Waals surface area contributed by atoms with Crippen LogP contribution in [-0.2, 0) is 9.53 Å². The number of ether oxygens (including phenoxy) is 1. The second-order valence-corrected chi connectivity index (χ2v) is 5.17. The fourth-order valence-corrected chi connectivity index (χ4v) is 2.56. The summed E-state index contributed by atoms with van der Waals surface area (Å²) in [5, 5.41) is 3.24. The monoisotopic (exact) mass is 279 g/mol. The highest BCUT2D eigenvalue weighted by molar-refractivity contribution is 6.33. The fraction of sp³-hybridized carbons (Fsp3) is 0.167. The van der Waals surface area contributed by atoms with E-state index in [0.717, 1.165) is 16.8 Å². The topological polar surface area (TPSA) is 38.3 Å². The largest absolute Gasteiger partial charge is 0.352 e. The molecule has 3 rings (SSSR count). The van der Waals surface area contributed by atoms with Crippen LogP contribution >= 0.6 is 0 Å². The van der Waals surface area contributed by atoms with Gasteiger partial charge in [-0.05, 0) is 18.1 Å². The van der Waals surface area contributed by atoms with Gasteiger partial charge in [-0.15, -0.1) is 0 Å². The number of hydrogen-bond donors (Lipinski definition) is 1. The van der Waals surface area contributed by atoms with Crippen LogP contribution in [0.15, 0.2) is 60.7 Å². The molecule has 0 unspecified atom stereocenters. The highest BCUT2D eigenvalue weighted by Gasteiger charge is 2.44. The number of carbonyl (C=O) groups is 1. The first kappa shape index (κ1) is 13.6. The average molecular weight is 279 g/mol. The Morgan fingerprint density at radius 3 is 1.95 bits per heavy atom. The molecule has 106 valence electrons. The van der Waals surface area contributed by atoms with Crippen molar-refractivity contribution in [1.29, 1.82) is 0 Å². The zero-order valence-electron chi connectivity index (χ0n) is 12.1. The predicted molar refractivity (Wildman–Crippen MR) is 83.3 cm³/mol. The minimum absolute atomic E-state index is 0.0462. The molecule has 2 aromatic carbocycles. The molecule has 0 aromatic heterocycles. The summed E-state index contributed by atoms with van der Waals surface area (Å²) in [6, 6.07) is 19.5. The van der Waals surface area contributed by atoms with Crippen LogP contribution < -0.4 is 5.32 Å². The first-order valence-corrected chi connectivity index (χ1v) is 6.89. The number of benzene rings is 2. The third kappa shape index (κ3) is 2.26. The van der Waals surface area contributed by atoms with Crippen molar-refractivity contribution in [3.63, 3.8) is 0 Å². The van der Waals surface area contributed by atoms with Crippen molar-refractivity contribution < 1.29 is 9.53 Å². The molecule has 3 heteroatoms. The van der Waals surface area contributed by atoms with Crippen LogP contribution in [0.4, 0.5) is 0 Å². The Hall–Kier alpha value is -2.39. The molecule has 1 aliphatic rings. The van der Waals surface area contributed by atoms with Crippen LogP contribution in [0.2, 0.25) is 0 Å². The average Bonchev–Trinajstić information content (AvgIpc) is 2.82. The Bertz CT molecular complexity index is 692. The van der Waals surface area contributed by atoms with E-state index in [-0.39, 0.29) is 5.78 Å². The number of methoxy groups -OCH3 is 1. The number of Topliss-reactive ketones (excluding diaryl/α,β-unsaturated/α-hetero) is 1. The third-order valence-corrected chi connectivity index (χ3v) is 3.81. The number of ketones is 1. The second kappa shape index (κ2) is 5.19. The van der Waals surface area contributed by atoms with Crippen LogP contribution in [0.5, 0.6) is 0 Å². The van der Waals surface area contributed by atoms with Crippen molar-refractivity contribution in [1.82, 2.24) is 5.32 Å². The summed E-state index contributed by atoms with van der Waals surface area (Å²) in [5.41, 5.74) is 2.35. The highest BCUT2D eigenvalue weighted by Crippen LogP contribution is 2.36. The maximum Gasteiger partial charge on any atom is 0.217 e. The first-order valence-electron chi connectivity index (χ1n) is 6.89. The molecule has 1 N–H and O–H groups in total. The number of carbonyl (C=O) groups excluding carboxylic acids is 1. The van der Waals surface area contributed by atoms with Gasteiger partial charge in [0, 0.05) is 7.11 Å². The summed E-state index contributed by atoms with van der Waals surface area (Å²) < 4.78 is 5.41. The minimum atomic E-state index is -1.02. The van der Waals surface area contributed by atoms with E-state index in [9.17, 15) is 4.79 Å². The van der Waals surface area contributed by atoms with Crippen molar-refractivity contribution >= 4 is 17.1 Å². The van der Waals surface area contributed by atoms with E-state index >= 15 is 0 Å². The van der Waals surface area contributed by atoms with Gasteiger partial charge in [-0.2, -0.15) is 0 Å². The van der Waals surface area contributed by atoms with E-state index in [1.165, 1.54) is 0 Å². The second-order valence-electron chi connectivity index (χ2n) is 5.17. The number of rotatable bonds is 3. The van der Waals surface area contributed by atoms with Gasteiger partial charge in [-0.25, -0.2) is 0 Å². The van der Waals surface area contributed by atoms with E-state index in [1.807, 2.05) is 60.7 Å². The van der Waals surface area contributed by atoms with Gasteiger partial charge in [0.25, 0.3) is 0 Å². The molecule has 1 aliphatic heterocycles. The van der Waals surface area contributed by atoms with Crippen molar-refractivity contribution in [3.8, 4) is 0 Å². The van der Waals surface area contributed by atoms with E-state index in [2.05, 4.69) is 5.32 Å². The maximum atomic E-state index is 12.8. The molecule has 0 saturated carbocycles. The Morgan fingerprint density at radius 2 is 1.43 bits per heavy atom. The van der Waals surface area contributed by atoms with E-state index < -0.39 is 5.72 Å². The molecule has 21 heavy (non-hydrogen) atoms. The van der Waals surface area contributed by atoms with Gasteiger partial charge in [0.1, 0.15) is 0 Å². The van der Waals surface area contributed by atoms with Crippen molar-refractivity contribution in [2.24, 2.45) is 0 Å². The SMILES string of the molecule is CO[C@@]1(C)NC(c2ccccc2)=C(c2ccccc2)C1=O. The quantitative estimate of drug-likeness (QED) is 0.938. The van der Waals surface area contributed by atoms with Gasteiger partial charge < -0.3 is 10.1 Å². The Labute approximate surface area is 124 Å². The number of nitrogens with one attached hydrogen (secondary N) is 1. The molecular weight excluding hydrogens is 262 g/mol. The van der Waals surface area contributed by atoms with Crippen LogP contribution in [0, 0.1) is 0 Å². The molecule has 1 heterocycles. The summed E-state index contributed by atoms with van der Waals surface area (Å²) in [6.45, 7) is 1.76. The minimum Gasteiger partial charge on any atom is -0.352 e. The van der Waals surface area contributed by atoms with Gasteiger partial charge in [0.15, 0.2) is 5.72 Å². The fourth-order valence-electron chi connectivity index (χ4n) is 2.56. The Balaban J connectivity index is 2.19. The van der Waals surface area contributed by atoms with Crippen molar-refractivity contribution in [2.75, 3.05) is 7.11 Å². The Kier molecular flexibility index (Phi) is 3.35. The molecule has 3 nitrogen and oxygen atoms in total. The standard InChI is InChI=1S/C18H17NO2/c1-18(21-2)17(20)15(13-9-5-3-6-10-13)16(19-18)14-11-7-4-8-12-14/h3-12,19H,1-2H3/t18-/m1/s1. The van der Waals surface area contributed by atoms with Gasteiger partial charge in [-0.1, -0.05) is 60.7 Å². The smallest absolute Gasteiger partial charge is 0.217 e. The maximum absolute atomic E-state index is 12.8.